The number of rotatable bonds is 4. The number of fused-ring (bicyclic) bond motifs is 1. The molecule has 0 saturated carbocycles. The molecule has 3 aromatic rings. The van der Waals surface area contributed by atoms with Crippen molar-refractivity contribution in [3.63, 3.8) is 0 Å². The molecule has 0 bridgehead atoms. The van der Waals surface area contributed by atoms with Crippen LogP contribution in [-0.2, 0) is 0 Å². The average molecular weight is 334 g/mol. The van der Waals surface area contributed by atoms with Crippen molar-refractivity contribution in [1.29, 1.82) is 0 Å². The van der Waals surface area contributed by atoms with Crippen molar-refractivity contribution in [2.75, 3.05) is 17.4 Å². The van der Waals surface area contributed by atoms with Crippen LogP contribution in [0.2, 0.25) is 0 Å². The molecule has 0 radical (unpaired) electrons. The van der Waals surface area contributed by atoms with E-state index in [2.05, 4.69) is 39.7 Å². The Labute approximate surface area is 145 Å². The van der Waals surface area contributed by atoms with Crippen LogP contribution in [0.3, 0.4) is 0 Å². The fourth-order valence-electron chi connectivity index (χ4n) is 2.69. The zero-order valence-electron chi connectivity index (χ0n) is 14.0. The van der Waals surface area contributed by atoms with Crippen LogP contribution in [-0.4, -0.2) is 16.8 Å². The van der Waals surface area contributed by atoms with E-state index in [-0.39, 0.29) is 6.79 Å². The summed E-state index contributed by atoms with van der Waals surface area (Å²) in [5.41, 5.74) is 3.06. The maximum atomic E-state index is 5.41. The van der Waals surface area contributed by atoms with E-state index < -0.39 is 0 Å². The number of anilines is 4. The first kappa shape index (κ1) is 15.3. The fraction of sp³-hybridized carbons (Fsp3) is 0.158. The van der Waals surface area contributed by atoms with Gasteiger partial charge in [0.2, 0.25) is 6.79 Å². The van der Waals surface area contributed by atoms with Crippen LogP contribution < -0.4 is 20.1 Å². The summed E-state index contributed by atoms with van der Waals surface area (Å²) in [6.07, 6.45) is 0. The molecule has 6 nitrogen and oxygen atoms in total. The lowest BCUT2D eigenvalue weighted by atomic mass is 10.2. The lowest BCUT2D eigenvalue weighted by molar-refractivity contribution is 0.174. The Morgan fingerprint density at radius 3 is 2.28 bits per heavy atom. The third-order valence-corrected chi connectivity index (χ3v) is 3.77. The smallest absolute Gasteiger partial charge is 0.231 e. The van der Waals surface area contributed by atoms with Crippen LogP contribution in [0.5, 0.6) is 11.5 Å². The van der Waals surface area contributed by atoms with E-state index in [1.54, 1.807) is 0 Å². The van der Waals surface area contributed by atoms with E-state index in [0.29, 0.717) is 11.6 Å². The quantitative estimate of drug-likeness (QED) is 0.741. The van der Waals surface area contributed by atoms with Crippen molar-refractivity contribution < 1.29 is 9.47 Å². The predicted octanol–water partition coefficient (Wildman–Crippen LogP) is 4.31. The predicted molar refractivity (Wildman–Crippen MR) is 97.1 cm³/mol. The van der Waals surface area contributed by atoms with Crippen LogP contribution in [0, 0.1) is 13.8 Å². The highest BCUT2D eigenvalue weighted by Gasteiger charge is 2.13. The first-order chi connectivity index (χ1) is 12.2. The minimum absolute atomic E-state index is 0.260. The number of benzene rings is 2. The Bertz CT molecular complexity index is 927. The zero-order chi connectivity index (χ0) is 17.2. The number of ether oxygens (including phenoxy) is 2. The van der Waals surface area contributed by atoms with Crippen molar-refractivity contribution in [3.05, 3.63) is 59.9 Å². The molecule has 1 aliphatic rings. The molecule has 0 atom stereocenters. The molecule has 0 fully saturated rings. The molecule has 4 rings (SSSR count). The van der Waals surface area contributed by atoms with Gasteiger partial charge in [0, 0.05) is 23.5 Å². The number of nitrogens with zero attached hydrogens (tertiary/aromatic N) is 2. The van der Waals surface area contributed by atoms with Gasteiger partial charge in [-0.2, -0.15) is 0 Å². The summed E-state index contributed by atoms with van der Waals surface area (Å²) in [6, 6.07) is 15.7. The zero-order valence-corrected chi connectivity index (χ0v) is 14.0. The normalized spacial score (nSPS) is 12.1. The molecule has 25 heavy (non-hydrogen) atoms. The molecule has 2 N–H and O–H groups in total. The van der Waals surface area contributed by atoms with Crippen molar-refractivity contribution in [3.8, 4) is 11.5 Å². The fourth-order valence-corrected chi connectivity index (χ4v) is 2.69. The van der Waals surface area contributed by atoms with Gasteiger partial charge in [0.1, 0.15) is 17.5 Å². The van der Waals surface area contributed by atoms with E-state index in [1.807, 2.05) is 43.3 Å². The molecule has 6 heteroatoms. The van der Waals surface area contributed by atoms with Crippen LogP contribution >= 0.6 is 0 Å². The van der Waals surface area contributed by atoms with Gasteiger partial charge in [-0.15, -0.1) is 0 Å². The molecular weight excluding hydrogens is 316 g/mol. The van der Waals surface area contributed by atoms with Crippen molar-refractivity contribution in [2.24, 2.45) is 0 Å². The lowest BCUT2D eigenvalue weighted by Crippen LogP contribution is -2.01. The first-order valence-corrected chi connectivity index (χ1v) is 8.02. The topological polar surface area (TPSA) is 68.3 Å². The van der Waals surface area contributed by atoms with Crippen LogP contribution in [0.4, 0.5) is 23.0 Å². The summed E-state index contributed by atoms with van der Waals surface area (Å²) in [4.78, 5) is 8.90. The van der Waals surface area contributed by atoms with Gasteiger partial charge in [-0.3, -0.25) is 0 Å². The average Bonchev–Trinajstić information content (AvgIpc) is 3.02. The molecule has 126 valence electrons. The Hall–Kier alpha value is -3.28. The van der Waals surface area contributed by atoms with E-state index in [4.69, 9.17) is 9.47 Å². The van der Waals surface area contributed by atoms with Gasteiger partial charge in [0.25, 0.3) is 0 Å². The third-order valence-electron chi connectivity index (χ3n) is 3.77. The van der Waals surface area contributed by atoms with Crippen LogP contribution in [0.15, 0.2) is 48.5 Å². The highest BCUT2D eigenvalue weighted by Crippen LogP contribution is 2.35. The summed E-state index contributed by atoms with van der Waals surface area (Å²) in [5, 5.41) is 6.60. The molecule has 0 unspecified atom stereocenters. The molecular formula is C19H18N4O2. The second-order valence-corrected chi connectivity index (χ2v) is 5.87. The summed E-state index contributed by atoms with van der Waals surface area (Å²) in [5.74, 6) is 3.61. The highest BCUT2D eigenvalue weighted by molar-refractivity contribution is 5.65. The lowest BCUT2D eigenvalue weighted by Gasteiger charge is -2.11. The minimum Gasteiger partial charge on any atom is -0.454 e. The van der Waals surface area contributed by atoms with Gasteiger partial charge in [0.15, 0.2) is 11.5 Å². The second kappa shape index (κ2) is 6.32. The Kier molecular flexibility index (Phi) is 3.85. The molecule has 0 spiro atoms. The summed E-state index contributed by atoms with van der Waals surface area (Å²) < 4.78 is 10.7. The van der Waals surface area contributed by atoms with Crippen LogP contribution in [0.1, 0.15) is 11.4 Å². The van der Waals surface area contributed by atoms with Crippen molar-refractivity contribution in [1.82, 2.24) is 9.97 Å². The summed E-state index contributed by atoms with van der Waals surface area (Å²) in [7, 11) is 0. The third kappa shape index (κ3) is 3.47. The van der Waals surface area contributed by atoms with Gasteiger partial charge in [-0.1, -0.05) is 12.1 Å². The summed E-state index contributed by atoms with van der Waals surface area (Å²) >= 11 is 0. The monoisotopic (exact) mass is 334 g/mol. The van der Waals surface area contributed by atoms with E-state index in [0.717, 1.165) is 28.7 Å². The molecule has 1 aliphatic heterocycles. The van der Waals surface area contributed by atoms with Crippen LogP contribution in [0.25, 0.3) is 0 Å². The van der Waals surface area contributed by atoms with Gasteiger partial charge < -0.3 is 20.1 Å². The highest BCUT2D eigenvalue weighted by atomic mass is 16.7. The first-order valence-electron chi connectivity index (χ1n) is 8.02. The molecule has 0 amide bonds. The molecule has 0 saturated heterocycles. The van der Waals surface area contributed by atoms with E-state index in [1.165, 1.54) is 5.56 Å². The van der Waals surface area contributed by atoms with Gasteiger partial charge >= 0.3 is 0 Å². The number of nitrogens with one attached hydrogen (secondary N) is 2. The number of aromatic nitrogens is 2. The number of aryl methyl sites for hydroxylation is 2. The Balaban J connectivity index is 1.57. The SMILES string of the molecule is Cc1cccc(Nc2cc(Nc3ccc4c(c3)OCO4)nc(C)n2)c1. The van der Waals surface area contributed by atoms with Gasteiger partial charge in [0.05, 0.1) is 0 Å². The van der Waals surface area contributed by atoms with E-state index in [9.17, 15) is 0 Å². The Morgan fingerprint density at radius 2 is 1.52 bits per heavy atom. The van der Waals surface area contributed by atoms with Crippen molar-refractivity contribution >= 4 is 23.0 Å². The second-order valence-electron chi connectivity index (χ2n) is 5.87. The number of hydrogen-bond donors (Lipinski definition) is 2. The summed E-state index contributed by atoms with van der Waals surface area (Å²) in [6.45, 7) is 4.19. The molecule has 0 aliphatic carbocycles. The van der Waals surface area contributed by atoms with Crippen molar-refractivity contribution in [2.45, 2.75) is 13.8 Å². The Morgan fingerprint density at radius 1 is 0.800 bits per heavy atom. The van der Waals surface area contributed by atoms with Gasteiger partial charge in [-0.05, 0) is 43.7 Å². The van der Waals surface area contributed by atoms with Gasteiger partial charge in [-0.25, -0.2) is 9.97 Å². The maximum Gasteiger partial charge on any atom is 0.231 e. The molecule has 2 heterocycles. The minimum atomic E-state index is 0.260. The number of hydrogen-bond acceptors (Lipinski definition) is 6. The largest absolute Gasteiger partial charge is 0.454 e. The molecule has 1 aromatic heterocycles. The maximum absolute atomic E-state index is 5.41. The van der Waals surface area contributed by atoms with E-state index >= 15 is 0 Å². The standard InChI is InChI=1S/C19H18N4O2/c1-12-4-3-5-14(8-12)22-18-10-19(21-13(2)20-18)23-15-6-7-16-17(9-15)25-11-24-16/h3-10H,11H2,1-2H3,(H2,20,21,22,23). The molecule has 2 aromatic carbocycles.